The highest BCUT2D eigenvalue weighted by atomic mass is 35.5. The lowest BCUT2D eigenvalue weighted by Crippen LogP contribution is -2.18. The summed E-state index contributed by atoms with van der Waals surface area (Å²) in [7, 11) is 0. The van der Waals surface area contributed by atoms with Gasteiger partial charge in [-0.25, -0.2) is 9.99 Å². The van der Waals surface area contributed by atoms with Crippen LogP contribution in [-0.2, 0) is 0 Å². The predicted molar refractivity (Wildman–Crippen MR) is 131 cm³/mol. The van der Waals surface area contributed by atoms with Crippen molar-refractivity contribution in [3.05, 3.63) is 105 Å². The lowest BCUT2D eigenvalue weighted by molar-refractivity contribution is 0.706. The van der Waals surface area contributed by atoms with Crippen molar-refractivity contribution >= 4 is 33.8 Å². The van der Waals surface area contributed by atoms with Crippen LogP contribution >= 0.6 is 22.9 Å². The first-order valence-corrected chi connectivity index (χ1v) is 11.5. The molecule has 0 aliphatic carbocycles. The van der Waals surface area contributed by atoms with Gasteiger partial charge in [-0.05, 0) is 54.3 Å². The van der Waals surface area contributed by atoms with Gasteiger partial charge in [-0.3, -0.25) is 0 Å². The molecule has 2 heterocycles. The molecule has 0 fully saturated rings. The molecule has 5 heteroatoms. The van der Waals surface area contributed by atoms with Crippen molar-refractivity contribution in [1.82, 2.24) is 4.98 Å². The number of aryl methyl sites for hydroxylation is 2. The van der Waals surface area contributed by atoms with Crippen molar-refractivity contribution in [3.63, 3.8) is 0 Å². The van der Waals surface area contributed by atoms with Gasteiger partial charge in [0.2, 0.25) is 5.13 Å². The van der Waals surface area contributed by atoms with E-state index in [9.17, 15) is 0 Å². The van der Waals surface area contributed by atoms with Crippen molar-refractivity contribution in [1.29, 1.82) is 0 Å². The zero-order valence-electron chi connectivity index (χ0n) is 17.4. The van der Waals surface area contributed by atoms with E-state index in [1.54, 1.807) is 11.3 Å². The second-order valence-electron chi connectivity index (χ2n) is 7.84. The van der Waals surface area contributed by atoms with Gasteiger partial charge in [0, 0.05) is 22.4 Å². The fourth-order valence-corrected chi connectivity index (χ4v) is 4.80. The Kier molecular flexibility index (Phi) is 5.34. The summed E-state index contributed by atoms with van der Waals surface area (Å²) in [6.45, 7) is 4.29. The van der Waals surface area contributed by atoms with E-state index >= 15 is 0 Å². The number of aromatic nitrogens is 1. The van der Waals surface area contributed by atoms with Crippen LogP contribution in [0.1, 0.15) is 34.7 Å². The van der Waals surface area contributed by atoms with E-state index in [-0.39, 0.29) is 6.04 Å². The molecule has 0 saturated heterocycles. The topological polar surface area (TPSA) is 28.5 Å². The van der Waals surface area contributed by atoms with E-state index in [0.29, 0.717) is 0 Å². The molecule has 1 aliphatic rings. The molecule has 0 saturated carbocycles. The van der Waals surface area contributed by atoms with Crippen LogP contribution in [0, 0.1) is 13.8 Å². The summed E-state index contributed by atoms with van der Waals surface area (Å²) >= 11 is 7.67. The van der Waals surface area contributed by atoms with Crippen LogP contribution in [0.15, 0.2) is 83.3 Å². The Bertz CT molecular complexity index is 1250. The number of benzene rings is 3. The molecule has 1 atom stereocenters. The van der Waals surface area contributed by atoms with Gasteiger partial charge in [0.1, 0.15) is 0 Å². The molecule has 3 aromatic carbocycles. The van der Waals surface area contributed by atoms with Gasteiger partial charge in [-0.15, -0.1) is 11.3 Å². The Balaban J connectivity index is 1.53. The Labute approximate surface area is 191 Å². The highest BCUT2D eigenvalue weighted by Crippen LogP contribution is 2.39. The summed E-state index contributed by atoms with van der Waals surface area (Å²) in [6, 6.07) is 25.1. The molecular weight excluding hydrogens is 422 g/mol. The number of hydrogen-bond donors (Lipinski definition) is 0. The molecule has 1 aromatic heterocycles. The summed E-state index contributed by atoms with van der Waals surface area (Å²) < 4.78 is 0. The first-order chi connectivity index (χ1) is 15.1. The quantitative estimate of drug-likeness (QED) is 0.328. The van der Waals surface area contributed by atoms with Gasteiger partial charge in [-0.1, -0.05) is 66.2 Å². The maximum Gasteiger partial charge on any atom is 0.207 e. The fraction of sp³-hybridized carbons (Fsp3) is 0.154. The van der Waals surface area contributed by atoms with Crippen LogP contribution in [0.3, 0.4) is 0 Å². The molecule has 0 amide bonds. The van der Waals surface area contributed by atoms with Gasteiger partial charge >= 0.3 is 0 Å². The van der Waals surface area contributed by atoms with E-state index < -0.39 is 0 Å². The van der Waals surface area contributed by atoms with Crippen molar-refractivity contribution in [2.45, 2.75) is 26.3 Å². The van der Waals surface area contributed by atoms with E-state index in [0.717, 1.165) is 33.5 Å². The molecule has 0 radical (unpaired) electrons. The van der Waals surface area contributed by atoms with Crippen molar-refractivity contribution < 1.29 is 0 Å². The molecule has 5 rings (SSSR count). The molecule has 0 unspecified atom stereocenters. The third-order valence-electron chi connectivity index (χ3n) is 5.76. The standard InChI is InChI=1S/C26H22ClN3S/c1-17-8-9-21(14-18(17)2)23-15-25(20-6-4-3-5-7-20)30(29-23)26-28-24(16-31-26)19-10-12-22(27)13-11-19/h3-14,16,25H,15H2,1-2H3/t25-/m0/s1. The third kappa shape index (κ3) is 4.01. The summed E-state index contributed by atoms with van der Waals surface area (Å²) in [5.74, 6) is 0. The van der Waals surface area contributed by atoms with Crippen LogP contribution in [0.25, 0.3) is 11.3 Å². The number of rotatable bonds is 4. The van der Waals surface area contributed by atoms with Crippen LogP contribution < -0.4 is 5.01 Å². The van der Waals surface area contributed by atoms with Gasteiger partial charge in [0.15, 0.2) is 0 Å². The first-order valence-electron chi connectivity index (χ1n) is 10.3. The van der Waals surface area contributed by atoms with Crippen LogP contribution in [0.4, 0.5) is 5.13 Å². The van der Waals surface area contributed by atoms with Gasteiger partial charge in [0.25, 0.3) is 0 Å². The number of hydrazone groups is 1. The zero-order valence-corrected chi connectivity index (χ0v) is 19.0. The molecule has 1 aliphatic heterocycles. The number of anilines is 1. The molecule has 31 heavy (non-hydrogen) atoms. The number of hydrogen-bond acceptors (Lipinski definition) is 4. The lowest BCUT2D eigenvalue weighted by atomic mass is 9.97. The number of halogens is 1. The molecule has 4 aromatic rings. The minimum absolute atomic E-state index is 0.127. The highest BCUT2D eigenvalue weighted by molar-refractivity contribution is 7.14. The van der Waals surface area contributed by atoms with E-state index in [4.69, 9.17) is 21.7 Å². The highest BCUT2D eigenvalue weighted by Gasteiger charge is 2.31. The second-order valence-corrected chi connectivity index (χ2v) is 9.12. The molecule has 3 nitrogen and oxygen atoms in total. The van der Waals surface area contributed by atoms with E-state index in [2.05, 4.69) is 72.8 Å². The fourth-order valence-electron chi connectivity index (χ4n) is 3.84. The second kappa shape index (κ2) is 8.29. The smallest absolute Gasteiger partial charge is 0.207 e. The first kappa shape index (κ1) is 20.0. The average Bonchev–Trinajstić information content (AvgIpc) is 3.44. The Hall–Kier alpha value is -2.95. The minimum Gasteiger partial charge on any atom is -0.231 e. The van der Waals surface area contributed by atoms with Crippen LogP contribution in [-0.4, -0.2) is 10.7 Å². The molecule has 0 N–H and O–H groups in total. The van der Waals surface area contributed by atoms with Gasteiger partial charge in [0.05, 0.1) is 17.4 Å². The third-order valence-corrected chi connectivity index (χ3v) is 6.85. The van der Waals surface area contributed by atoms with Crippen LogP contribution in [0.5, 0.6) is 0 Å². The van der Waals surface area contributed by atoms with Gasteiger partial charge in [-0.2, -0.15) is 5.10 Å². The zero-order chi connectivity index (χ0) is 21.4. The molecule has 0 bridgehead atoms. The Morgan fingerprint density at radius 1 is 0.903 bits per heavy atom. The SMILES string of the molecule is Cc1ccc(C2=NN(c3nc(-c4ccc(Cl)cc4)cs3)[C@H](c3ccccc3)C2)cc1C. The van der Waals surface area contributed by atoms with Crippen molar-refractivity contribution in [2.24, 2.45) is 5.10 Å². The summed E-state index contributed by atoms with van der Waals surface area (Å²) in [4.78, 5) is 4.92. The number of thiazole rings is 1. The van der Waals surface area contributed by atoms with Gasteiger partial charge < -0.3 is 0 Å². The average molecular weight is 444 g/mol. The molecular formula is C26H22ClN3S. The largest absolute Gasteiger partial charge is 0.231 e. The summed E-state index contributed by atoms with van der Waals surface area (Å²) in [6.07, 6.45) is 0.850. The van der Waals surface area contributed by atoms with Crippen LogP contribution in [0.2, 0.25) is 5.02 Å². The lowest BCUT2D eigenvalue weighted by Gasteiger charge is -2.21. The normalized spacial score (nSPS) is 15.9. The Morgan fingerprint density at radius 2 is 1.65 bits per heavy atom. The minimum atomic E-state index is 0.127. The maximum absolute atomic E-state index is 6.05. The molecule has 0 spiro atoms. The summed E-state index contributed by atoms with van der Waals surface area (Å²) in [5, 5.41) is 10.9. The van der Waals surface area contributed by atoms with Crippen molar-refractivity contribution in [3.8, 4) is 11.3 Å². The predicted octanol–water partition coefficient (Wildman–Crippen LogP) is 7.44. The summed E-state index contributed by atoms with van der Waals surface area (Å²) in [5.41, 5.74) is 8.11. The Morgan fingerprint density at radius 3 is 2.39 bits per heavy atom. The monoisotopic (exact) mass is 443 g/mol. The maximum atomic E-state index is 6.05. The number of nitrogens with zero attached hydrogens (tertiary/aromatic N) is 3. The molecule has 154 valence electrons. The van der Waals surface area contributed by atoms with E-state index in [1.165, 1.54) is 22.3 Å². The van der Waals surface area contributed by atoms with E-state index in [1.807, 2.05) is 24.3 Å². The van der Waals surface area contributed by atoms with Crippen molar-refractivity contribution in [2.75, 3.05) is 5.01 Å².